The maximum absolute atomic E-state index is 8.91. The van der Waals surface area contributed by atoms with Gasteiger partial charge in [-0.3, -0.25) is 14.9 Å². The quantitative estimate of drug-likeness (QED) is 0.766. The van der Waals surface area contributed by atoms with Gasteiger partial charge in [0, 0.05) is 7.05 Å². The van der Waals surface area contributed by atoms with E-state index in [0.717, 1.165) is 30.7 Å². The van der Waals surface area contributed by atoms with Crippen molar-refractivity contribution in [3.63, 3.8) is 0 Å². The van der Waals surface area contributed by atoms with Crippen LogP contribution in [-0.2, 0) is 6.42 Å². The van der Waals surface area contributed by atoms with Crippen molar-refractivity contribution in [1.29, 1.82) is 5.26 Å². The van der Waals surface area contributed by atoms with Gasteiger partial charge < -0.3 is 0 Å². The normalized spacial score (nSPS) is 23.1. The molecule has 1 aliphatic rings. The highest BCUT2D eigenvalue weighted by Crippen LogP contribution is 2.33. The average Bonchev–Trinajstić information content (AvgIpc) is 2.58. The Morgan fingerprint density at radius 1 is 1.46 bits per heavy atom. The minimum absolute atomic E-state index is 0.286. The third-order valence-electron chi connectivity index (χ3n) is 4.84. The molecule has 0 amide bonds. The molecule has 4 heteroatoms. The second-order valence-corrected chi connectivity index (χ2v) is 6.42. The zero-order valence-corrected chi connectivity index (χ0v) is 15.3. The molecule has 1 aliphatic heterocycles. The molecule has 128 valence electrons. The van der Waals surface area contributed by atoms with E-state index in [4.69, 9.17) is 10.2 Å². The summed E-state index contributed by atoms with van der Waals surface area (Å²) in [6.07, 6.45) is 7.06. The third-order valence-corrected chi connectivity index (χ3v) is 4.84. The molecule has 0 aromatic carbocycles. The van der Waals surface area contributed by atoms with Gasteiger partial charge in [0.05, 0.1) is 41.7 Å². The van der Waals surface area contributed by atoms with Gasteiger partial charge >= 0.3 is 0 Å². The largest absolute Gasteiger partial charge is 0.291 e. The lowest BCUT2D eigenvalue weighted by Crippen LogP contribution is -2.44. The second-order valence-electron chi connectivity index (χ2n) is 6.42. The van der Waals surface area contributed by atoms with E-state index >= 15 is 0 Å². The fraction of sp³-hybridized carbons (Fsp3) is 0.550. The van der Waals surface area contributed by atoms with Crippen LogP contribution in [0.15, 0.2) is 34.8 Å². The van der Waals surface area contributed by atoms with Crippen molar-refractivity contribution >= 4 is 5.71 Å². The molecule has 0 N–H and O–H groups in total. The second kappa shape index (κ2) is 8.75. The summed E-state index contributed by atoms with van der Waals surface area (Å²) < 4.78 is 0. The van der Waals surface area contributed by atoms with Gasteiger partial charge in [0.1, 0.15) is 0 Å². The van der Waals surface area contributed by atoms with E-state index in [1.54, 1.807) is 0 Å². The van der Waals surface area contributed by atoms with Crippen LogP contribution in [0.5, 0.6) is 0 Å². The fourth-order valence-corrected chi connectivity index (χ4v) is 3.68. The number of nitrogens with zero attached hydrogens (tertiary/aromatic N) is 4. The molecular formula is C20H28N4. The van der Waals surface area contributed by atoms with Gasteiger partial charge in [0.15, 0.2) is 0 Å². The molecule has 0 radical (unpaired) electrons. The highest BCUT2D eigenvalue weighted by molar-refractivity contribution is 6.03. The standard InChI is InChI=1S/C20H28N4/c1-5-8-15(2)20(22-3)19-12-7-11-18(24(19)4)17-10-6-9-16(23-17)13-14-21/h6,8-10,18-19H,5,7,11-13H2,1-4H3/b15-8-,22-20?. The first kappa shape index (κ1) is 18.4. The molecule has 2 unspecified atom stereocenters. The molecule has 24 heavy (non-hydrogen) atoms. The van der Waals surface area contributed by atoms with Crippen molar-refractivity contribution in [2.45, 2.75) is 58.0 Å². The first-order valence-electron chi connectivity index (χ1n) is 8.80. The summed E-state index contributed by atoms with van der Waals surface area (Å²) in [6.45, 7) is 4.32. The highest BCUT2D eigenvalue weighted by atomic mass is 15.2. The predicted octanol–water partition coefficient (Wildman–Crippen LogP) is 4.10. The first-order chi connectivity index (χ1) is 11.6. The SMILES string of the molecule is CC/C=C(/C)C(=NC)C1CCCC(c2cccc(CC#N)n2)N1C. The third kappa shape index (κ3) is 4.10. The number of piperidine rings is 1. The van der Waals surface area contributed by atoms with Crippen LogP contribution in [0, 0.1) is 11.3 Å². The van der Waals surface area contributed by atoms with Crippen LogP contribution in [-0.4, -0.2) is 35.7 Å². The van der Waals surface area contributed by atoms with E-state index in [2.05, 4.69) is 49.0 Å². The highest BCUT2D eigenvalue weighted by Gasteiger charge is 2.32. The summed E-state index contributed by atoms with van der Waals surface area (Å²) in [5.74, 6) is 0. The Balaban J connectivity index is 2.27. The van der Waals surface area contributed by atoms with Crippen LogP contribution in [0.3, 0.4) is 0 Å². The molecule has 2 rings (SSSR count). The van der Waals surface area contributed by atoms with Gasteiger partial charge in [-0.25, -0.2) is 0 Å². The smallest absolute Gasteiger partial charge is 0.0774 e. The van der Waals surface area contributed by atoms with Gasteiger partial charge in [-0.15, -0.1) is 0 Å². The molecule has 0 saturated carbocycles. The van der Waals surface area contributed by atoms with Gasteiger partial charge in [0.2, 0.25) is 0 Å². The van der Waals surface area contributed by atoms with Crippen LogP contribution < -0.4 is 0 Å². The molecule has 0 aliphatic carbocycles. The molecule has 0 bridgehead atoms. The van der Waals surface area contributed by atoms with Crippen molar-refractivity contribution in [2.24, 2.45) is 4.99 Å². The average molecular weight is 324 g/mol. The number of allylic oxidation sites excluding steroid dienone is 1. The number of rotatable bonds is 5. The van der Waals surface area contributed by atoms with Gasteiger partial charge in [-0.2, -0.15) is 5.26 Å². The Morgan fingerprint density at radius 3 is 2.92 bits per heavy atom. The molecular weight excluding hydrogens is 296 g/mol. The molecule has 1 saturated heterocycles. The number of aliphatic imine (C=N–C) groups is 1. The van der Waals surface area contributed by atoms with Crippen molar-refractivity contribution in [3.8, 4) is 6.07 Å². The van der Waals surface area contributed by atoms with Crippen molar-refractivity contribution in [2.75, 3.05) is 14.1 Å². The van der Waals surface area contributed by atoms with E-state index in [-0.39, 0.29) is 6.04 Å². The van der Waals surface area contributed by atoms with E-state index in [0.29, 0.717) is 12.5 Å². The number of hydrogen-bond donors (Lipinski definition) is 0. The zero-order chi connectivity index (χ0) is 17.5. The van der Waals surface area contributed by atoms with E-state index in [1.165, 1.54) is 17.7 Å². The zero-order valence-electron chi connectivity index (χ0n) is 15.3. The summed E-state index contributed by atoms with van der Waals surface area (Å²) in [7, 11) is 4.07. The topological polar surface area (TPSA) is 52.3 Å². The van der Waals surface area contributed by atoms with Crippen molar-refractivity contribution < 1.29 is 0 Å². The minimum Gasteiger partial charge on any atom is -0.291 e. The molecule has 4 nitrogen and oxygen atoms in total. The van der Waals surface area contributed by atoms with Crippen LogP contribution in [0.4, 0.5) is 0 Å². The van der Waals surface area contributed by atoms with Crippen LogP contribution in [0.25, 0.3) is 0 Å². The first-order valence-corrected chi connectivity index (χ1v) is 8.80. The number of aromatic nitrogens is 1. The van der Waals surface area contributed by atoms with Gasteiger partial charge in [0.25, 0.3) is 0 Å². The number of pyridine rings is 1. The molecule has 1 aromatic heterocycles. The molecule has 1 fully saturated rings. The van der Waals surface area contributed by atoms with Crippen molar-refractivity contribution in [3.05, 3.63) is 41.2 Å². The van der Waals surface area contributed by atoms with Gasteiger partial charge in [-0.05, 0) is 57.4 Å². The van der Waals surface area contributed by atoms with Crippen LogP contribution >= 0.6 is 0 Å². The summed E-state index contributed by atoms with van der Waals surface area (Å²) in [6, 6.07) is 8.84. The maximum Gasteiger partial charge on any atom is 0.0774 e. The maximum atomic E-state index is 8.91. The number of hydrogen-bond acceptors (Lipinski definition) is 4. The van der Waals surface area contributed by atoms with E-state index < -0.39 is 0 Å². The lowest BCUT2D eigenvalue weighted by Gasteiger charge is -2.40. The predicted molar refractivity (Wildman–Crippen MR) is 99.1 cm³/mol. The Bertz CT molecular complexity index is 654. The van der Waals surface area contributed by atoms with E-state index in [9.17, 15) is 0 Å². The number of nitriles is 1. The lowest BCUT2D eigenvalue weighted by molar-refractivity contribution is 0.151. The van der Waals surface area contributed by atoms with Crippen molar-refractivity contribution in [1.82, 2.24) is 9.88 Å². The number of likely N-dealkylation sites (tertiary alicyclic amines) is 1. The molecule has 0 spiro atoms. The Kier molecular flexibility index (Phi) is 6.69. The van der Waals surface area contributed by atoms with Gasteiger partial charge in [-0.1, -0.05) is 19.1 Å². The monoisotopic (exact) mass is 324 g/mol. The molecule has 2 atom stereocenters. The Hall–Kier alpha value is -1.99. The lowest BCUT2D eigenvalue weighted by atomic mass is 9.89. The Labute approximate surface area is 145 Å². The summed E-state index contributed by atoms with van der Waals surface area (Å²) >= 11 is 0. The summed E-state index contributed by atoms with van der Waals surface area (Å²) in [4.78, 5) is 11.7. The Morgan fingerprint density at radius 2 is 2.25 bits per heavy atom. The van der Waals surface area contributed by atoms with Crippen LogP contribution in [0.1, 0.15) is 57.0 Å². The summed E-state index contributed by atoms with van der Waals surface area (Å²) in [5, 5.41) is 8.91. The minimum atomic E-state index is 0.286. The summed E-state index contributed by atoms with van der Waals surface area (Å²) in [5.41, 5.74) is 4.40. The molecule has 1 aromatic rings. The fourth-order valence-electron chi connectivity index (χ4n) is 3.68. The molecule has 2 heterocycles. The van der Waals surface area contributed by atoms with E-state index in [1.807, 2.05) is 19.2 Å². The van der Waals surface area contributed by atoms with Crippen LogP contribution in [0.2, 0.25) is 0 Å².